The number of rotatable bonds is 4. The number of hydrogen-bond acceptors (Lipinski definition) is 5. The lowest BCUT2D eigenvalue weighted by molar-refractivity contribution is 0.187. The smallest absolute Gasteiger partial charge is 0.411 e. The van der Waals surface area contributed by atoms with Gasteiger partial charge in [-0.15, -0.1) is 0 Å². The Bertz CT molecular complexity index is 961. The first-order valence-electron chi connectivity index (χ1n) is 7.57. The number of aromatic nitrogens is 4. The molecule has 8 heteroatoms. The van der Waals surface area contributed by atoms with Gasteiger partial charge in [0.2, 0.25) is 5.43 Å². The average Bonchev–Trinajstić information content (AvgIpc) is 3.03. The molecule has 0 atom stereocenters. The fraction of sp³-hybridized carbons (Fsp3) is 0.176. The molecule has 0 saturated heterocycles. The molecule has 1 amide bonds. The summed E-state index contributed by atoms with van der Waals surface area (Å²) < 4.78 is 7.85. The largest absolute Gasteiger partial charge is 0.453 e. The summed E-state index contributed by atoms with van der Waals surface area (Å²) in [5.41, 5.74) is 2.47. The molecule has 0 aliphatic carbocycles. The Labute approximate surface area is 143 Å². The summed E-state index contributed by atoms with van der Waals surface area (Å²) in [6, 6.07) is 8.66. The number of nitrogens with zero attached hydrogens (tertiary/aromatic N) is 4. The number of methoxy groups -OCH3 is 1. The minimum Gasteiger partial charge on any atom is -0.453 e. The summed E-state index contributed by atoms with van der Waals surface area (Å²) in [5, 5.41) is 11.1. The molecule has 25 heavy (non-hydrogen) atoms. The molecule has 128 valence electrons. The summed E-state index contributed by atoms with van der Waals surface area (Å²) in [7, 11) is 3.11. The van der Waals surface area contributed by atoms with E-state index in [-0.39, 0.29) is 5.43 Å². The number of ether oxygens (including phenoxy) is 1. The molecule has 0 radical (unpaired) electrons. The molecule has 0 fully saturated rings. The maximum Gasteiger partial charge on any atom is 0.411 e. The Morgan fingerprint density at radius 2 is 2.16 bits per heavy atom. The first-order chi connectivity index (χ1) is 12.0. The molecular formula is C17H17N5O3. The number of benzene rings is 1. The lowest BCUT2D eigenvalue weighted by atomic mass is 10.1. The van der Waals surface area contributed by atoms with Crippen LogP contribution in [-0.2, 0) is 18.2 Å². The zero-order valence-corrected chi connectivity index (χ0v) is 13.8. The van der Waals surface area contributed by atoms with Crippen LogP contribution in [0.3, 0.4) is 0 Å². The summed E-state index contributed by atoms with van der Waals surface area (Å²) in [5.74, 6) is 0. The number of aryl methyl sites for hydroxylation is 1. The van der Waals surface area contributed by atoms with Crippen molar-refractivity contribution in [3.63, 3.8) is 0 Å². The van der Waals surface area contributed by atoms with Gasteiger partial charge in [0.15, 0.2) is 0 Å². The SMILES string of the molecule is COC(=O)Nc1cccc(Cc2nn(-c3cnn(C)c3)ccc2=O)c1. The predicted molar refractivity (Wildman–Crippen MR) is 91.9 cm³/mol. The third-order valence-electron chi connectivity index (χ3n) is 3.57. The summed E-state index contributed by atoms with van der Waals surface area (Å²) in [6.45, 7) is 0. The molecule has 0 saturated carbocycles. The van der Waals surface area contributed by atoms with E-state index in [1.165, 1.54) is 13.2 Å². The van der Waals surface area contributed by atoms with E-state index in [1.54, 1.807) is 40.0 Å². The van der Waals surface area contributed by atoms with Gasteiger partial charge in [0, 0.05) is 31.4 Å². The minimum atomic E-state index is -0.547. The molecule has 1 aromatic carbocycles. The molecule has 0 aliphatic heterocycles. The van der Waals surface area contributed by atoms with Gasteiger partial charge in [0.05, 0.1) is 19.5 Å². The van der Waals surface area contributed by atoms with E-state index in [4.69, 9.17) is 0 Å². The normalized spacial score (nSPS) is 10.5. The van der Waals surface area contributed by atoms with Gasteiger partial charge in [-0.05, 0) is 17.7 Å². The Balaban J connectivity index is 1.86. The third kappa shape index (κ3) is 3.92. The maximum atomic E-state index is 12.1. The lowest BCUT2D eigenvalue weighted by Gasteiger charge is -2.07. The van der Waals surface area contributed by atoms with Crippen LogP contribution in [0.5, 0.6) is 0 Å². The highest BCUT2D eigenvalue weighted by Gasteiger charge is 2.08. The van der Waals surface area contributed by atoms with Gasteiger partial charge in [-0.25, -0.2) is 9.48 Å². The van der Waals surface area contributed by atoms with Gasteiger partial charge in [0.25, 0.3) is 0 Å². The predicted octanol–water partition coefficient (Wildman–Crippen LogP) is 1.74. The van der Waals surface area contributed by atoms with Gasteiger partial charge in [-0.2, -0.15) is 10.2 Å². The quantitative estimate of drug-likeness (QED) is 0.782. The highest BCUT2D eigenvalue weighted by atomic mass is 16.5. The van der Waals surface area contributed by atoms with Gasteiger partial charge < -0.3 is 4.74 Å². The van der Waals surface area contributed by atoms with Crippen molar-refractivity contribution in [2.45, 2.75) is 6.42 Å². The van der Waals surface area contributed by atoms with Crippen LogP contribution in [0.1, 0.15) is 11.3 Å². The molecule has 0 unspecified atom stereocenters. The topological polar surface area (TPSA) is 91.0 Å². The van der Waals surface area contributed by atoms with Crippen molar-refractivity contribution in [2.75, 3.05) is 12.4 Å². The van der Waals surface area contributed by atoms with Crippen molar-refractivity contribution < 1.29 is 9.53 Å². The first kappa shape index (κ1) is 16.4. The third-order valence-corrected chi connectivity index (χ3v) is 3.57. The molecule has 0 spiro atoms. The molecule has 2 heterocycles. The van der Waals surface area contributed by atoms with Crippen molar-refractivity contribution in [1.82, 2.24) is 19.6 Å². The summed E-state index contributed by atoms with van der Waals surface area (Å²) in [4.78, 5) is 23.4. The van der Waals surface area contributed by atoms with E-state index >= 15 is 0 Å². The number of anilines is 1. The van der Waals surface area contributed by atoms with E-state index in [1.807, 2.05) is 19.3 Å². The molecule has 3 rings (SSSR count). The highest BCUT2D eigenvalue weighted by Crippen LogP contribution is 2.13. The maximum absolute atomic E-state index is 12.1. The molecule has 3 aromatic rings. The number of carbonyl (C=O) groups excluding carboxylic acids is 1. The van der Waals surface area contributed by atoms with Crippen LogP contribution in [0.2, 0.25) is 0 Å². The van der Waals surface area contributed by atoms with Crippen LogP contribution < -0.4 is 10.7 Å². The van der Waals surface area contributed by atoms with Crippen LogP contribution in [0.25, 0.3) is 5.69 Å². The fourth-order valence-corrected chi connectivity index (χ4v) is 2.36. The first-order valence-corrected chi connectivity index (χ1v) is 7.57. The van der Waals surface area contributed by atoms with E-state index in [0.717, 1.165) is 11.3 Å². The van der Waals surface area contributed by atoms with Crippen molar-refractivity contribution in [2.24, 2.45) is 7.05 Å². The second-order valence-electron chi connectivity index (χ2n) is 5.44. The van der Waals surface area contributed by atoms with Crippen LogP contribution in [0.15, 0.2) is 53.7 Å². The monoisotopic (exact) mass is 339 g/mol. The van der Waals surface area contributed by atoms with Crippen molar-refractivity contribution >= 4 is 11.8 Å². The van der Waals surface area contributed by atoms with Crippen LogP contribution in [0, 0.1) is 0 Å². The minimum absolute atomic E-state index is 0.147. The molecule has 1 N–H and O–H groups in total. The van der Waals surface area contributed by atoms with E-state index in [2.05, 4.69) is 20.3 Å². The summed E-state index contributed by atoms with van der Waals surface area (Å²) in [6.07, 6.45) is 4.88. The molecule has 8 nitrogen and oxygen atoms in total. The van der Waals surface area contributed by atoms with Gasteiger partial charge in [-0.3, -0.25) is 14.8 Å². The van der Waals surface area contributed by atoms with Crippen LogP contribution in [-0.4, -0.2) is 32.8 Å². The van der Waals surface area contributed by atoms with Gasteiger partial charge >= 0.3 is 6.09 Å². The lowest BCUT2D eigenvalue weighted by Crippen LogP contribution is -2.16. The van der Waals surface area contributed by atoms with E-state index in [9.17, 15) is 9.59 Å². The zero-order valence-electron chi connectivity index (χ0n) is 13.8. The zero-order chi connectivity index (χ0) is 17.8. The number of carbonyl (C=O) groups is 1. The van der Waals surface area contributed by atoms with Gasteiger partial charge in [0.1, 0.15) is 11.4 Å². The Morgan fingerprint density at radius 3 is 2.88 bits per heavy atom. The fourth-order valence-electron chi connectivity index (χ4n) is 2.36. The molecule has 0 aliphatic rings. The highest BCUT2D eigenvalue weighted by molar-refractivity contribution is 5.84. The Kier molecular flexibility index (Phi) is 4.60. The van der Waals surface area contributed by atoms with Crippen LogP contribution >= 0.6 is 0 Å². The van der Waals surface area contributed by atoms with Crippen molar-refractivity contribution in [3.05, 3.63) is 70.4 Å². The van der Waals surface area contributed by atoms with E-state index in [0.29, 0.717) is 17.8 Å². The second kappa shape index (κ2) is 7.00. The number of hydrogen-bond donors (Lipinski definition) is 1. The summed E-state index contributed by atoms with van der Waals surface area (Å²) >= 11 is 0. The van der Waals surface area contributed by atoms with E-state index < -0.39 is 6.09 Å². The number of amides is 1. The number of nitrogens with one attached hydrogen (secondary N) is 1. The van der Waals surface area contributed by atoms with Crippen LogP contribution in [0.4, 0.5) is 10.5 Å². The molecule has 2 aromatic heterocycles. The average molecular weight is 339 g/mol. The molecular weight excluding hydrogens is 322 g/mol. The van der Waals surface area contributed by atoms with Crippen molar-refractivity contribution in [1.29, 1.82) is 0 Å². The Morgan fingerprint density at radius 1 is 1.32 bits per heavy atom. The van der Waals surface area contributed by atoms with Crippen molar-refractivity contribution in [3.8, 4) is 5.69 Å². The molecule has 0 bridgehead atoms. The van der Waals surface area contributed by atoms with Gasteiger partial charge in [-0.1, -0.05) is 12.1 Å². The standard InChI is InChI=1S/C17H17N5O3/c1-21-11-14(10-18-21)22-7-6-16(23)15(20-22)9-12-4-3-5-13(8-12)19-17(24)25-2/h3-8,10-11H,9H2,1-2H3,(H,19,24). The second-order valence-corrected chi connectivity index (χ2v) is 5.44. The Hall–Kier alpha value is -3.42.